The number of nitrogens with one attached hydrogen (secondary N) is 1. The van der Waals surface area contributed by atoms with Crippen LogP contribution in [0.4, 0.5) is 0 Å². The first-order chi connectivity index (χ1) is 9.56. The number of aryl methyl sites for hydroxylation is 2. The summed E-state index contributed by atoms with van der Waals surface area (Å²) in [6, 6.07) is 0.368. The third-order valence-corrected chi connectivity index (χ3v) is 4.95. The molecule has 5 heteroatoms. The average Bonchev–Trinajstić information content (AvgIpc) is 2.75. The summed E-state index contributed by atoms with van der Waals surface area (Å²) in [7, 11) is 2.21. The van der Waals surface area contributed by atoms with E-state index >= 15 is 0 Å². The molecule has 0 amide bonds. The first-order valence-electron chi connectivity index (χ1n) is 7.64. The Morgan fingerprint density at radius 1 is 1.25 bits per heavy atom. The molecular weight excluding hydrogens is 268 g/mol. The van der Waals surface area contributed by atoms with Crippen LogP contribution in [-0.2, 0) is 0 Å². The number of piperazine rings is 1. The van der Waals surface area contributed by atoms with Gasteiger partial charge in [-0.25, -0.2) is 4.98 Å². The third-order valence-electron chi connectivity index (χ3n) is 4.05. The van der Waals surface area contributed by atoms with Gasteiger partial charge in [-0.1, -0.05) is 0 Å². The Morgan fingerprint density at radius 3 is 2.55 bits per heavy atom. The minimum Gasteiger partial charge on any atom is -0.309 e. The summed E-state index contributed by atoms with van der Waals surface area (Å²) < 4.78 is 0. The van der Waals surface area contributed by atoms with E-state index in [1.807, 2.05) is 0 Å². The van der Waals surface area contributed by atoms with Crippen molar-refractivity contribution in [1.29, 1.82) is 0 Å². The average molecular weight is 296 g/mol. The molecule has 1 fully saturated rings. The molecule has 114 valence electrons. The first-order valence-corrected chi connectivity index (χ1v) is 8.46. The lowest BCUT2D eigenvalue weighted by Crippen LogP contribution is -2.45. The van der Waals surface area contributed by atoms with Crippen molar-refractivity contribution in [3.8, 4) is 0 Å². The van der Waals surface area contributed by atoms with E-state index in [-0.39, 0.29) is 0 Å². The molecule has 0 spiro atoms. The fourth-order valence-corrected chi connectivity index (χ4v) is 3.65. The highest BCUT2D eigenvalue weighted by molar-refractivity contribution is 7.11. The molecule has 0 saturated carbocycles. The van der Waals surface area contributed by atoms with Crippen LogP contribution >= 0.6 is 11.3 Å². The molecule has 0 aliphatic carbocycles. The molecule has 2 rings (SSSR count). The lowest BCUT2D eigenvalue weighted by Gasteiger charge is -2.32. The van der Waals surface area contributed by atoms with Gasteiger partial charge in [0.1, 0.15) is 0 Å². The van der Waals surface area contributed by atoms with Crippen LogP contribution < -0.4 is 5.32 Å². The smallest absolute Gasteiger partial charge is 0.0900 e. The summed E-state index contributed by atoms with van der Waals surface area (Å²) >= 11 is 1.80. The lowest BCUT2D eigenvalue weighted by atomic mass is 10.2. The molecule has 1 aromatic heterocycles. The molecule has 0 radical (unpaired) electrons. The van der Waals surface area contributed by atoms with E-state index in [4.69, 9.17) is 0 Å². The Kier molecular flexibility index (Phi) is 5.96. The molecule has 20 heavy (non-hydrogen) atoms. The minimum atomic E-state index is 0.368. The van der Waals surface area contributed by atoms with E-state index in [2.05, 4.69) is 47.9 Å². The summed E-state index contributed by atoms with van der Waals surface area (Å²) in [5, 5.41) is 4.78. The zero-order chi connectivity index (χ0) is 14.5. The molecule has 2 heterocycles. The highest BCUT2D eigenvalue weighted by Crippen LogP contribution is 2.22. The van der Waals surface area contributed by atoms with Crippen LogP contribution in [0.3, 0.4) is 0 Å². The molecule has 1 N–H and O–H groups in total. The van der Waals surface area contributed by atoms with Gasteiger partial charge < -0.3 is 15.1 Å². The summed E-state index contributed by atoms with van der Waals surface area (Å²) in [6.07, 6.45) is 1.22. The molecule has 1 aliphatic rings. The SMILES string of the molecule is Cc1nc(C(C)NCCCN2CCN(C)CC2)c(C)s1. The molecule has 0 aromatic carbocycles. The summed E-state index contributed by atoms with van der Waals surface area (Å²) in [5.74, 6) is 0. The largest absolute Gasteiger partial charge is 0.309 e. The van der Waals surface area contributed by atoms with Gasteiger partial charge in [0.25, 0.3) is 0 Å². The normalized spacial score (nSPS) is 19.4. The quantitative estimate of drug-likeness (QED) is 0.814. The van der Waals surface area contributed by atoms with Crippen LogP contribution in [0.25, 0.3) is 0 Å². The van der Waals surface area contributed by atoms with E-state index in [0.29, 0.717) is 6.04 Å². The summed E-state index contributed by atoms with van der Waals surface area (Å²) in [4.78, 5) is 11.0. The molecular formula is C15H28N4S. The van der Waals surface area contributed by atoms with Crippen molar-refractivity contribution in [2.45, 2.75) is 33.2 Å². The Morgan fingerprint density at radius 2 is 1.95 bits per heavy atom. The number of nitrogens with zero attached hydrogens (tertiary/aromatic N) is 3. The van der Waals surface area contributed by atoms with Crippen LogP contribution in [0.1, 0.15) is 35.0 Å². The van der Waals surface area contributed by atoms with Crippen molar-refractivity contribution < 1.29 is 0 Å². The van der Waals surface area contributed by atoms with E-state index in [9.17, 15) is 0 Å². The molecule has 1 aromatic rings. The zero-order valence-electron chi connectivity index (χ0n) is 13.3. The Hall–Kier alpha value is -0.490. The van der Waals surface area contributed by atoms with Gasteiger partial charge in [-0.05, 0) is 47.3 Å². The van der Waals surface area contributed by atoms with Crippen LogP contribution in [-0.4, -0.2) is 61.1 Å². The predicted molar refractivity (Wildman–Crippen MR) is 86.6 cm³/mol. The van der Waals surface area contributed by atoms with Crippen molar-refractivity contribution in [2.75, 3.05) is 46.3 Å². The Bertz CT molecular complexity index is 410. The number of likely N-dealkylation sites (N-methyl/N-ethyl adjacent to an activating group) is 1. The van der Waals surface area contributed by atoms with Gasteiger partial charge in [-0.3, -0.25) is 0 Å². The zero-order valence-corrected chi connectivity index (χ0v) is 14.1. The molecule has 1 aliphatic heterocycles. The third kappa shape index (κ3) is 4.52. The predicted octanol–water partition coefficient (Wildman–Crippen LogP) is 2.05. The van der Waals surface area contributed by atoms with Crippen molar-refractivity contribution in [3.05, 3.63) is 15.6 Å². The molecule has 0 bridgehead atoms. The van der Waals surface area contributed by atoms with E-state index in [1.165, 1.54) is 54.7 Å². The summed E-state index contributed by atoms with van der Waals surface area (Å²) in [6.45, 7) is 13.6. The first kappa shape index (κ1) is 15.9. The highest BCUT2D eigenvalue weighted by atomic mass is 32.1. The molecule has 4 nitrogen and oxygen atoms in total. The minimum absolute atomic E-state index is 0.368. The number of rotatable bonds is 6. The van der Waals surface area contributed by atoms with Gasteiger partial charge in [-0.15, -0.1) is 11.3 Å². The van der Waals surface area contributed by atoms with E-state index < -0.39 is 0 Å². The van der Waals surface area contributed by atoms with Crippen molar-refractivity contribution in [2.24, 2.45) is 0 Å². The standard InChI is InChI=1S/C15H28N4S/c1-12(15-13(2)20-14(3)17-15)16-6-5-7-19-10-8-18(4)9-11-19/h12,16H,5-11H2,1-4H3. The Balaban J connectivity index is 1.64. The van der Waals surface area contributed by atoms with Gasteiger partial charge in [0.15, 0.2) is 0 Å². The van der Waals surface area contributed by atoms with Gasteiger partial charge in [0, 0.05) is 37.1 Å². The van der Waals surface area contributed by atoms with Crippen molar-refractivity contribution in [1.82, 2.24) is 20.1 Å². The van der Waals surface area contributed by atoms with Crippen molar-refractivity contribution >= 4 is 11.3 Å². The van der Waals surface area contributed by atoms with Crippen molar-refractivity contribution in [3.63, 3.8) is 0 Å². The fourth-order valence-electron chi connectivity index (χ4n) is 2.74. The number of hydrogen-bond donors (Lipinski definition) is 1. The van der Waals surface area contributed by atoms with Gasteiger partial charge in [-0.2, -0.15) is 0 Å². The van der Waals surface area contributed by atoms with E-state index in [0.717, 1.165) is 6.54 Å². The molecule has 1 unspecified atom stereocenters. The lowest BCUT2D eigenvalue weighted by molar-refractivity contribution is 0.152. The van der Waals surface area contributed by atoms with Crippen LogP contribution in [0.5, 0.6) is 0 Å². The monoisotopic (exact) mass is 296 g/mol. The number of aromatic nitrogens is 1. The molecule has 1 saturated heterocycles. The second-order valence-corrected chi connectivity index (χ2v) is 7.26. The van der Waals surface area contributed by atoms with Gasteiger partial charge >= 0.3 is 0 Å². The maximum Gasteiger partial charge on any atom is 0.0900 e. The fraction of sp³-hybridized carbons (Fsp3) is 0.800. The van der Waals surface area contributed by atoms with Crippen LogP contribution in [0.2, 0.25) is 0 Å². The highest BCUT2D eigenvalue weighted by Gasteiger charge is 2.14. The van der Waals surface area contributed by atoms with Gasteiger partial charge in [0.2, 0.25) is 0 Å². The van der Waals surface area contributed by atoms with Crippen LogP contribution in [0, 0.1) is 13.8 Å². The van der Waals surface area contributed by atoms with Gasteiger partial charge in [0.05, 0.1) is 10.7 Å². The maximum atomic E-state index is 4.63. The number of thiazole rings is 1. The second kappa shape index (κ2) is 7.50. The van der Waals surface area contributed by atoms with E-state index in [1.54, 1.807) is 11.3 Å². The maximum absolute atomic E-state index is 4.63. The topological polar surface area (TPSA) is 31.4 Å². The number of hydrogen-bond acceptors (Lipinski definition) is 5. The Labute approximate surface area is 127 Å². The summed E-state index contributed by atoms with van der Waals surface area (Å²) in [5.41, 5.74) is 1.23. The molecule has 1 atom stereocenters. The second-order valence-electron chi connectivity index (χ2n) is 5.85. The van der Waals surface area contributed by atoms with Crippen LogP contribution in [0.15, 0.2) is 0 Å².